The van der Waals surface area contributed by atoms with Crippen molar-refractivity contribution in [3.63, 3.8) is 0 Å². The molecule has 0 saturated heterocycles. The number of hydrogen-bond acceptors (Lipinski definition) is 3. The van der Waals surface area contributed by atoms with Crippen LogP contribution >= 0.6 is 0 Å². The Morgan fingerprint density at radius 1 is 1.09 bits per heavy atom. The molecule has 1 aromatic carbocycles. The van der Waals surface area contributed by atoms with E-state index in [1.54, 1.807) is 0 Å². The Labute approximate surface area is 190 Å². The zero-order chi connectivity index (χ0) is 23.4. The minimum absolute atomic E-state index is 0.245. The first kappa shape index (κ1) is 22.0. The second-order valence-corrected chi connectivity index (χ2v) is 13.7. The maximum atomic E-state index is 11.8. The topological polar surface area (TPSA) is 56.4 Å². The number of fused-ring (bicyclic) bond motifs is 2. The van der Waals surface area contributed by atoms with Crippen molar-refractivity contribution in [2.75, 3.05) is 33.1 Å². The molecule has 164 valence electrons. The molecule has 0 atom stereocenters. The number of hydrogen-bond donors (Lipinski definition) is 1. The van der Waals surface area contributed by atoms with Crippen LogP contribution in [0.1, 0.15) is 27.0 Å². The average Bonchev–Trinajstić information content (AvgIpc) is 2.74. The highest BCUT2D eigenvalue weighted by Gasteiger charge is 2.40. The quantitative estimate of drug-likeness (QED) is 0.580. The number of allylic oxidation sites excluding steroid dienone is 5. The number of rotatable bonds is 3. The van der Waals surface area contributed by atoms with Crippen LogP contribution in [-0.4, -0.2) is 62.6 Å². The van der Waals surface area contributed by atoms with Crippen LogP contribution in [0.3, 0.4) is 0 Å². The van der Waals surface area contributed by atoms with E-state index in [0.29, 0.717) is 0 Å². The number of pyridine rings is 1. The Hall–Kier alpha value is -3.25. The lowest BCUT2D eigenvalue weighted by Gasteiger charge is -2.38. The van der Waals surface area contributed by atoms with Crippen molar-refractivity contribution in [2.45, 2.75) is 20.0 Å². The van der Waals surface area contributed by atoms with Gasteiger partial charge in [0.2, 0.25) is 0 Å². The smallest absolute Gasteiger partial charge is 0.337 e. The average molecular weight is 445 g/mol. The Morgan fingerprint density at radius 2 is 1.81 bits per heavy atom. The van der Waals surface area contributed by atoms with Gasteiger partial charge < -0.3 is 10.0 Å². The number of aromatic carboxylic acids is 1. The number of carbonyl (C=O) groups is 1. The van der Waals surface area contributed by atoms with Gasteiger partial charge in [0.05, 0.1) is 5.56 Å². The summed E-state index contributed by atoms with van der Waals surface area (Å²) >= 11 is 0. The minimum atomic E-state index is -2.02. The largest absolute Gasteiger partial charge is 0.478 e. The van der Waals surface area contributed by atoms with Gasteiger partial charge >= 0.3 is 5.97 Å². The summed E-state index contributed by atoms with van der Waals surface area (Å²) in [5, 5.41) is 12.4. The van der Waals surface area contributed by atoms with Crippen LogP contribution in [0.15, 0.2) is 59.6 Å². The SMILES string of the molecule is Cc1c(C(=O)O)cncc1C1=C2C=CC(=[N+](C)C)C=C2[Si](C)(C)c2cc(N(C)C)ccc21. The molecule has 1 aliphatic heterocycles. The van der Waals surface area contributed by atoms with Crippen molar-refractivity contribution in [2.24, 2.45) is 0 Å². The molecular formula is C26H30N3O2Si+. The molecule has 0 bridgehead atoms. The van der Waals surface area contributed by atoms with Crippen LogP contribution in [0.4, 0.5) is 5.69 Å². The molecule has 4 rings (SSSR count). The second kappa shape index (κ2) is 7.71. The summed E-state index contributed by atoms with van der Waals surface area (Å²) in [6, 6.07) is 6.66. The standard InChI is InChI=1S/C26H29N3O2Si/c1-16-21(14-27-15-22(16)26(30)31)25-19-10-8-17(28(2)3)12-23(19)32(6,7)24-13-18(29(4)5)9-11-20(24)25/h8-15H,1-7H3/p+1. The van der Waals surface area contributed by atoms with Gasteiger partial charge in [0.15, 0.2) is 5.71 Å². The van der Waals surface area contributed by atoms with E-state index in [-0.39, 0.29) is 5.56 Å². The van der Waals surface area contributed by atoms with E-state index in [1.807, 2.05) is 13.1 Å². The Kier molecular flexibility index (Phi) is 5.29. The predicted molar refractivity (Wildman–Crippen MR) is 134 cm³/mol. The molecule has 1 N–H and O–H groups in total. The summed E-state index contributed by atoms with van der Waals surface area (Å²) in [5.74, 6) is -0.950. The van der Waals surface area contributed by atoms with Crippen molar-refractivity contribution in [1.82, 2.24) is 4.98 Å². The number of aromatic nitrogens is 1. The van der Waals surface area contributed by atoms with Crippen LogP contribution < -0.4 is 10.1 Å². The zero-order valence-corrected chi connectivity index (χ0v) is 20.8. The molecule has 32 heavy (non-hydrogen) atoms. The molecular weight excluding hydrogens is 414 g/mol. The maximum Gasteiger partial charge on any atom is 0.337 e. The molecule has 0 spiro atoms. The summed E-state index contributed by atoms with van der Waals surface area (Å²) in [7, 11) is 6.22. The Morgan fingerprint density at radius 3 is 2.44 bits per heavy atom. The summed E-state index contributed by atoms with van der Waals surface area (Å²) in [6.45, 7) is 6.69. The van der Waals surface area contributed by atoms with Crippen LogP contribution in [0.5, 0.6) is 0 Å². The van der Waals surface area contributed by atoms with E-state index in [0.717, 1.165) is 16.7 Å². The number of benzene rings is 1. The highest BCUT2D eigenvalue weighted by Crippen LogP contribution is 2.42. The molecule has 2 aliphatic rings. The normalized spacial score (nSPS) is 16.3. The van der Waals surface area contributed by atoms with Gasteiger partial charge in [-0.15, -0.1) is 0 Å². The molecule has 2 heterocycles. The van der Waals surface area contributed by atoms with E-state index in [4.69, 9.17) is 0 Å². The van der Waals surface area contributed by atoms with Crippen LogP contribution in [0, 0.1) is 6.92 Å². The van der Waals surface area contributed by atoms with Crippen molar-refractivity contribution < 1.29 is 14.5 Å². The van der Waals surface area contributed by atoms with E-state index < -0.39 is 14.0 Å². The number of nitrogens with zero attached hydrogens (tertiary/aromatic N) is 3. The van der Waals surface area contributed by atoms with Gasteiger partial charge in [-0.25, -0.2) is 9.37 Å². The molecule has 6 heteroatoms. The predicted octanol–water partition coefficient (Wildman–Crippen LogP) is 3.63. The first-order chi connectivity index (χ1) is 15.0. The van der Waals surface area contributed by atoms with Crippen molar-refractivity contribution in [3.8, 4) is 0 Å². The summed E-state index contributed by atoms with van der Waals surface area (Å²) in [4.78, 5) is 18.3. The van der Waals surface area contributed by atoms with Gasteiger partial charge in [0.1, 0.15) is 22.2 Å². The van der Waals surface area contributed by atoms with Gasteiger partial charge in [-0.2, -0.15) is 0 Å². The number of carboxylic acids is 1. The molecule has 0 saturated carbocycles. The fourth-order valence-corrected chi connectivity index (χ4v) is 7.74. The molecule has 5 nitrogen and oxygen atoms in total. The zero-order valence-electron chi connectivity index (χ0n) is 19.8. The first-order valence-electron chi connectivity index (χ1n) is 10.7. The van der Waals surface area contributed by atoms with Gasteiger partial charge in [0.25, 0.3) is 0 Å². The van der Waals surface area contributed by atoms with Crippen molar-refractivity contribution in [1.29, 1.82) is 0 Å². The molecule has 0 fully saturated rings. The third-order valence-corrected chi connectivity index (χ3v) is 10.2. The van der Waals surface area contributed by atoms with E-state index >= 15 is 0 Å². The van der Waals surface area contributed by atoms with E-state index in [2.05, 4.69) is 92.2 Å². The fraction of sp³-hybridized carbons (Fsp3) is 0.269. The molecule has 2 aromatic rings. The number of carboxylic acid groups (broad SMARTS) is 1. The van der Waals surface area contributed by atoms with Crippen molar-refractivity contribution in [3.05, 3.63) is 81.8 Å². The highest BCUT2D eigenvalue weighted by molar-refractivity contribution is 6.98. The summed E-state index contributed by atoms with van der Waals surface area (Å²) < 4.78 is 2.13. The van der Waals surface area contributed by atoms with Gasteiger partial charge in [-0.1, -0.05) is 19.2 Å². The Balaban J connectivity index is 2.13. The van der Waals surface area contributed by atoms with Crippen LogP contribution in [0.25, 0.3) is 5.57 Å². The van der Waals surface area contributed by atoms with Gasteiger partial charge in [-0.05, 0) is 57.8 Å². The minimum Gasteiger partial charge on any atom is -0.478 e. The number of anilines is 1. The maximum absolute atomic E-state index is 11.8. The molecule has 0 amide bonds. The Bertz CT molecular complexity index is 1280. The van der Waals surface area contributed by atoms with Crippen LogP contribution in [-0.2, 0) is 0 Å². The molecule has 1 aromatic heterocycles. The fourth-order valence-electron chi connectivity index (χ4n) is 4.66. The molecule has 1 aliphatic carbocycles. The second-order valence-electron chi connectivity index (χ2n) is 9.41. The molecule has 0 unspecified atom stereocenters. The lowest BCUT2D eigenvalue weighted by molar-refractivity contribution is -0.462. The molecule has 0 radical (unpaired) electrons. The van der Waals surface area contributed by atoms with Crippen molar-refractivity contribution >= 4 is 36.2 Å². The van der Waals surface area contributed by atoms with Gasteiger partial charge in [-0.3, -0.25) is 4.98 Å². The van der Waals surface area contributed by atoms with E-state index in [9.17, 15) is 9.90 Å². The summed E-state index contributed by atoms with van der Waals surface area (Å²) in [5.41, 5.74) is 7.66. The third-order valence-electron chi connectivity index (χ3n) is 6.64. The van der Waals surface area contributed by atoms with Crippen LogP contribution in [0.2, 0.25) is 13.1 Å². The summed E-state index contributed by atoms with van der Waals surface area (Å²) in [6.07, 6.45) is 9.91. The van der Waals surface area contributed by atoms with Gasteiger partial charge in [0, 0.05) is 49.9 Å². The monoisotopic (exact) mass is 444 g/mol. The first-order valence-corrected chi connectivity index (χ1v) is 13.7. The van der Waals surface area contributed by atoms with E-state index in [1.165, 1.54) is 39.1 Å². The highest BCUT2D eigenvalue weighted by atomic mass is 28.3. The lowest BCUT2D eigenvalue weighted by atomic mass is 9.87. The lowest BCUT2D eigenvalue weighted by Crippen LogP contribution is -2.49. The third kappa shape index (κ3) is 3.35.